The Bertz CT molecular complexity index is 819. The first-order valence-electron chi connectivity index (χ1n) is 8.86. The van der Waals surface area contributed by atoms with E-state index in [2.05, 4.69) is 5.32 Å². The number of benzene rings is 2. The normalized spacial score (nSPS) is 11.2. The summed E-state index contributed by atoms with van der Waals surface area (Å²) in [4.78, 5) is 11.7. The molecule has 5 nitrogen and oxygen atoms in total. The van der Waals surface area contributed by atoms with E-state index in [0.717, 1.165) is 11.6 Å². The van der Waals surface area contributed by atoms with E-state index in [4.69, 9.17) is 14.2 Å². The molecule has 0 heterocycles. The van der Waals surface area contributed by atoms with Gasteiger partial charge in [0.2, 0.25) is 0 Å². The molecule has 2 rings (SSSR count). The quantitative estimate of drug-likeness (QED) is 0.694. The lowest BCUT2D eigenvalue weighted by Crippen LogP contribution is -2.33. The zero-order valence-corrected chi connectivity index (χ0v) is 16.5. The standard InChI is InChI=1S/C21H25F2NO4/c1-21(2,3)28-20(25)24-10-9-14-5-8-19(27-13-26-4)17(11-14)16-7-6-15(22)12-18(16)23/h5-8,11-12H,9-10,13H2,1-4H3,(H,24,25). The molecule has 0 aromatic heterocycles. The first-order valence-corrected chi connectivity index (χ1v) is 8.86. The van der Waals surface area contributed by atoms with Crippen LogP contribution in [0.15, 0.2) is 36.4 Å². The van der Waals surface area contributed by atoms with Crippen LogP contribution in [0.5, 0.6) is 5.75 Å². The van der Waals surface area contributed by atoms with E-state index in [1.807, 2.05) is 6.07 Å². The second kappa shape index (κ2) is 9.50. The highest BCUT2D eigenvalue weighted by Gasteiger charge is 2.16. The van der Waals surface area contributed by atoms with E-state index >= 15 is 0 Å². The molecule has 0 saturated heterocycles. The topological polar surface area (TPSA) is 56.8 Å². The van der Waals surface area contributed by atoms with E-state index in [1.165, 1.54) is 19.2 Å². The summed E-state index contributed by atoms with van der Waals surface area (Å²) in [7, 11) is 1.48. The van der Waals surface area contributed by atoms with Crippen molar-refractivity contribution in [2.45, 2.75) is 32.8 Å². The molecule has 0 fully saturated rings. The van der Waals surface area contributed by atoms with Crippen molar-refractivity contribution in [1.82, 2.24) is 5.32 Å². The van der Waals surface area contributed by atoms with Crippen LogP contribution in [0.25, 0.3) is 11.1 Å². The number of ether oxygens (including phenoxy) is 3. The molecule has 0 bridgehead atoms. The number of carbonyl (C=O) groups is 1. The first kappa shape index (κ1) is 21.6. The summed E-state index contributed by atoms with van der Waals surface area (Å²) in [6.45, 7) is 5.70. The molecule has 28 heavy (non-hydrogen) atoms. The van der Waals surface area contributed by atoms with Crippen molar-refractivity contribution in [2.24, 2.45) is 0 Å². The number of carbonyl (C=O) groups excluding carboxylic acids is 1. The number of hydrogen-bond acceptors (Lipinski definition) is 4. The summed E-state index contributed by atoms with van der Waals surface area (Å²) in [6, 6.07) is 8.63. The van der Waals surface area contributed by atoms with Gasteiger partial charge in [0.15, 0.2) is 6.79 Å². The molecule has 152 valence electrons. The fourth-order valence-electron chi connectivity index (χ4n) is 2.52. The minimum Gasteiger partial charge on any atom is -0.467 e. The summed E-state index contributed by atoms with van der Waals surface area (Å²) >= 11 is 0. The molecular weight excluding hydrogens is 368 g/mol. The van der Waals surface area contributed by atoms with Gasteiger partial charge in [-0.2, -0.15) is 0 Å². The Morgan fingerprint density at radius 2 is 1.82 bits per heavy atom. The van der Waals surface area contributed by atoms with Crippen LogP contribution in [0.4, 0.5) is 13.6 Å². The number of hydrogen-bond donors (Lipinski definition) is 1. The van der Waals surface area contributed by atoms with Crippen molar-refractivity contribution in [1.29, 1.82) is 0 Å². The molecule has 0 aliphatic heterocycles. The van der Waals surface area contributed by atoms with Gasteiger partial charge in [0.25, 0.3) is 0 Å². The third kappa shape index (κ3) is 6.49. The van der Waals surface area contributed by atoms with Crippen molar-refractivity contribution in [3.63, 3.8) is 0 Å². The van der Waals surface area contributed by atoms with E-state index in [0.29, 0.717) is 24.3 Å². The predicted molar refractivity (Wildman–Crippen MR) is 102 cm³/mol. The number of methoxy groups -OCH3 is 1. The molecule has 0 saturated carbocycles. The second-order valence-electron chi connectivity index (χ2n) is 7.18. The van der Waals surface area contributed by atoms with Gasteiger partial charge in [-0.25, -0.2) is 13.6 Å². The first-order chi connectivity index (χ1) is 13.2. The van der Waals surface area contributed by atoms with Crippen LogP contribution in [-0.2, 0) is 15.9 Å². The lowest BCUT2D eigenvalue weighted by molar-refractivity contribution is 0.0513. The highest BCUT2D eigenvalue weighted by Crippen LogP contribution is 2.33. The zero-order valence-electron chi connectivity index (χ0n) is 16.5. The Morgan fingerprint density at radius 1 is 1.07 bits per heavy atom. The maximum Gasteiger partial charge on any atom is 0.407 e. The minimum absolute atomic E-state index is 0.00460. The highest BCUT2D eigenvalue weighted by atomic mass is 19.1. The number of halogens is 2. The number of amides is 1. The van der Waals surface area contributed by atoms with Gasteiger partial charge in [-0.3, -0.25) is 0 Å². The zero-order chi connectivity index (χ0) is 20.7. The average molecular weight is 393 g/mol. The van der Waals surface area contributed by atoms with Crippen molar-refractivity contribution in [2.75, 3.05) is 20.4 Å². The Kier molecular flexibility index (Phi) is 7.34. The Labute approximate surface area is 163 Å². The third-order valence-corrected chi connectivity index (χ3v) is 3.68. The van der Waals surface area contributed by atoms with E-state index in [1.54, 1.807) is 32.9 Å². The molecule has 0 spiro atoms. The predicted octanol–water partition coefficient (Wildman–Crippen LogP) is 4.68. The van der Waals surface area contributed by atoms with Gasteiger partial charge in [-0.05, 0) is 57.0 Å². The van der Waals surface area contributed by atoms with Crippen molar-refractivity contribution < 1.29 is 27.8 Å². The van der Waals surface area contributed by atoms with Gasteiger partial charge in [-0.1, -0.05) is 6.07 Å². The minimum atomic E-state index is -0.689. The van der Waals surface area contributed by atoms with Crippen LogP contribution in [0.3, 0.4) is 0 Å². The van der Waals surface area contributed by atoms with Crippen LogP contribution < -0.4 is 10.1 Å². The molecule has 2 aromatic rings. The summed E-state index contributed by atoms with van der Waals surface area (Å²) in [5, 5.41) is 2.68. The summed E-state index contributed by atoms with van der Waals surface area (Å²) in [5.41, 5.74) is 0.968. The molecule has 0 atom stereocenters. The molecule has 0 radical (unpaired) electrons. The fraction of sp³-hybridized carbons (Fsp3) is 0.381. The lowest BCUT2D eigenvalue weighted by atomic mass is 10.00. The van der Waals surface area contributed by atoms with Crippen LogP contribution in [0.1, 0.15) is 26.3 Å². The molecule has 1 amide bonds. The van der Waals surface area contributed by atoms with E-state index in [9.17, 15) is 13.6 Å². The third-order valence-electron chi connectivity index (χ3n) is 3.68. The SMILES string of the molecule is COCOc1ccc(CCNC(=O)OC(C)(C)C)cc1-c1ccc(F)cc1F. The molecule has 7 heteroatoms. The van der Waals surface area contributed by atoms with Gasteiger partial charge in [0.1, 0.15) is 23.0 Å². The molecule has 0 unspecified atom stereocenters. The number of rotatable bonds is 7. The van der Waals surface area contributed by atoms with Gasteiger partial charge in [-0.15, -0.1) is 0 Å². The Hall–Kier alpha value is -2.67. The lowest BCUT2D eigenvalue weighted by Gasteiger charge is -2.19. The Balaban J connectivity index is 2.17. The van der Waals surface area contributed by atoms with Gasteiger partial charge in [0, 0.05) is 30.8 Å². The molecule has 1 N–H and O–H groups in total. The molecular formula is C21H25F2NO4. The van der Waals surface area contributed by atoms with Crippen molar-refractivity contribution >= 4 is 6.09 Å². The number of nitrogens with one attached hydrogen (secondary N) is 1. The monoisotopic (exact) mass is 393 g/mol. The van der Waals surface area contributed by atoms with Gasteiger partial charge < -0.3 is 19.5 Å². The smallest absolute Gasteiger partial charge is 0.407 e. The molecule has 0 aliphatic carbocycles. The summed E-state index contributed by atoms with van der Waals surface area (Å²) in [5.74, 6) is -0.930. The van der Waals surface area contributed by atoms with E-state index in [-0.39, 0.29) is 12.4 Å². The van der Waals surface area contributed by atoms with Gasteiger partial charge >= 0.3 is 6.09 Å². The largest absolute Gasteiger partial charge is 0.467 e. The van der Waals surface area contributed by atoms with Crippen LogP contribution in [0.2, 0.25) is 0 Å². The van der Waals surface area contributed by atoms with Crippen LogP contribution >= 0.6 is 0 Å². The Morgan fingerprint density at radius 3 is 2.46 bits per heavy atom. The highest BCUT2D eigenvalue weighted by molar-refractivity contribution is 5.72. The van der Waals surface area contributed by atoms with Crippen molar-refractivity contribution in [3.8, 4) is 16.9 Å². The van der Waals surface area contributed by atoms with Gasteiger partial charge in [0.05, 0.1) is 0 Å². The second-order valence-corrected chi connectivity index (χ2v) is 7.18. The summed E-state index contributed by atoms with van der Waals surface area (Å²) < 4.78 is 43.2. The summed E-state index contributed by atoms with van der Waals surface area (Å²) in [6.07, 6.45) is -0.00284. The average Bonchev–Trinajstić information content (AvgIpc) is 2.59. The van der Waals surface area contributed by atoms with E-state index < -0.39 is 23.3 Å². The maximum absolute atomic E-state index is 14.3. The van der Waals surface area contributed by atoms with Crippen LogP contribution in [0, 0.1) is 11.6 Å². The maximum atomic E-state index is 14.3. The molecule has 2 aromatic carbocycles. The van der Waals surface area contributed by atoms with Crippen LogP contribution in [-0.4, -0.2) is 32.1 Å². The fourth-order valence-corrected chi connectivity index (χ4v) is 2.52. The number of alkyl carbamates (subject to hydrolysis) is 1. The molecule has 0 aliphatic rings. The van der Waals surface area contributed by atoms with Crippen molar-refractivity contribution in [3.05, 3.63) is 53.6 Å².